The molecule has 0 aromatic heterocycles. The van der Waals surface area contributed by atoms with E-state index in [4.69, 9.17) is 9.31 Å². The minimum atomic E-state index is -1.13. The highest BCUT2D eigenvalue weighted by Crippen LogP contribution is 2.56. The molecule has 0 aromatic rings. The van der Waals surface area contributed by atoms with Gasteiger partial charge in [-0.05, 0) is 51.0 Å². The second-order valence-electron chi connectivity index (χ2n) is 9.80. The summed E-state index contributed by atoms with van der Waals surface area (Å²) < 4.78 is 26.7. The fourth-order valence-corrected chi connectivity index (χ4v) is 5.57. The molecule has 22 heavy (non-hydrogen) atoms. The molecular weight excluding hydrogens is 294 g/mol. The average Bonchev–Trinajstić information content (AvgIpc) is 2.51. The summed E-state index contributed by atoms with van der Waals surface area (Å²) in [6.07, 6.45) is 0.854. The SMILES string of the molecule is CC1(C)C(=C(F)B2OC(C)(C)C(C)(C)O2)CC1C[Si](C)(C)C. The van der Waals surface area contributed by atoms with Crippen molar-refractivity contribution in [3.8, 4) is 0 Å². The Balaban J connectivity index is 2.17. The molecule has 0 amide bonds. The summed E-state index contributed by atoms with van der Waals surface area (Å²) >= 11 is 0. The van der Waals surface area contributed by atoms with Crippen molar-refractivity contribution in [2.24, 2.45) is 11.3 Å². The lowest BCUT2D eigenvalue weighted by Gasteiger charge is -2.50. The Kier molecular flexibility index (Phi) is 4.29. The predicted octanol–water partition coefficient (Wildman–Crippen LogP) is 5.23. The van der Waals surface area contributed by atoms with E-state index in [1.54, 1.807) is 0 Å². The summed E-state index contributed by atoms with van der Waals surface area (Å²) in [5, 5.41) is 0. The molecule has 1 unspecified atom stereocenters. The zero-order valence-electron chi connectivity index (χ0n) is 15.8. The van der Waals surface area contributed by atoms with Crippen LogP contribution in [0.4, 0.5) is 4.39 Å². The topological polar surface area (TPSA) is 18.5 Å². The zero-order valence-corrected chi connectivity index (χ0v) is 16.8. The normalized spacial score (nSPS) is 31.9. The summed E-state index contributed by atoms with van der Waals surface area (Å²) in [5.41, 5.74) is -0.333. The van der Waals surface area contributed by atoms with E-state index >= 15 is 0 Å². The van der Waals surface area contributed by atoms with Crippen molar-refractivity contribution in [2.45, 2.75) is 84.9 Å². The molecule has 1 saturated carbocycles. The largest absolute Gasteiger partial charge is 0.525 e. The molecule has 2 nitrogen and oxygen atoms in total. The standard InChI is InChI=1S/C17H32BFO2Si/c1-15(2)12(11-22(7,8)9)10-13(15)14(19)18-20-16(3,4)17(5,6)21-18/h12H,10-11H2,1-9H3. The fourth-order valence-electron chi connectivity index (χ4n) is 3.44. The van der Waals surface area contributed by atoms with E-state index in [1.165, 1.54) is 6.04 Å². The van der Waals surface area contributed by atoms with Crippen LogP contribution in [0.15, 0.2) is 11.3 Å². The van der Waals surface area contributed by atoms with E-state index in [1.807, 2.05) is 27.7 Å². The van der Waals surface area contributed by atoms with E-state index in [-0.39, 0.29) is 11.1 Å². The van der Waals surface area contributed by atoms with E-state index < -0.39 is 26.4 Å². The van der Waals surface area contributed by atoms with Crippen LogP contribution in [0.25, 0.3) is 0 Å². The Labute approximate surface area is 137 Å². The van der Waals surface area contributed by atoms with Crippen molar-refractivity contribution in [3.63, 3.8) is 0 Å². The molecular formula is C17H32BFO2Si. The summed E-state index contributed by atoms with van der Waals surface area (Å²) in [6.45, 7) is 19.3. The van der Waals surface area contributed by atoms with Crippen molar-refractivity contribution in [3.05, 3.63) is 11.3 Å². The molecule has 1 saturated heterocycles. The van der Waals surface area contributed by atoms with Crippen LogP contribution in [-0.4, -0.2) is 26.4 Å². The van der Waals surface area contributed by atoms with Crippen molar-refractivity contribution in [2.75, 3.05) is 0 Å². The van der Waals surface area contributed by atoms with Gasteiger partial charge in [-0.3, -0.25) is 0 Å². The molecule has 0 aromatic carbocycles. The predicted molar refractivity (Wildman–Crippen MR) is 94.3 cm³/mol. The first-order chi connectivity index (χ1) is 9.67. The van der Waals surface area contributed by atoms with Crippen molar-refractivity contribution in [1.29, 1.82) is 0 Å². The molecule has 1 aliphatic carbocycles. The highest BCUT2D eigenvalue weighted by atomic mass is 28.3. The van der Waals surface area contributed by atoms with Crippen molar-refractivity contribution < 1.29 is 13.7 Å². The molecule has 2 rings (SSSR count). The lowest BCUT2D eigenvalue weighted by molar-refractivity contribution is 0.00578. The van der Waals surface area contributed by atoms with Gasteiger partial charge < -0.3 is 9.31 Å². The first-order valence-corrected chi connectivity index (χ1v) is 12.1. The molecule has 2 fully saturated rings. The number of hydrogen-bond acceptors (Lipinski definition) is 2. The summed E-state index contributed by atoms with van der Waals surface area (Å²) in [5.74, 6) is 0.586. The van der Waals surface area contributed by atoms with Gasteiger partial charge in [0, 0.05) is 8.07 Å². The van der Waals surface area contributed by atoms with Gasteiger partial charge in [-0.2, -0.15) is 0 Å². The Bertz CT molecular complexity index is 475. The van der Waals surface area contributed by atoms with Gasteiger partial charge in [0.2, 0.25) is 0 Å². The smallest absolute Gasteiger partial charge is 0.398 e. The average molecular weight is 326 g/mol. The van der Waals surface area contributed by atoms with E-state index in [0.29, 0.717) is 5.92 Å². The van der Waals surface area contributed by atoms with Gasteiger partial charge in [0.15, 0.2) is 0 Å². The quantitative estimate of drug-likeness (QED) is 0.662. The van der Waals surface area contributed by atoms with E-state index in [9.17, 15) is 4.39 Å². The molecule has 5 heteroatoms. The maximum absolute atomic E-state index is 15.0. The third-order valence-electron chi connectivity index (χ3n) is 5.86. The van der Waals surface area contributed by atoms with Gasteiger partial charge in [-0.15, -0.1) is 0 Å². The lowest BCUT2D eigenvalue weighted by atomic mass is 9.56. The van der Waals surface area contributed by atoms with E-state index in [0.717, 1.165) is 12.0 Å². The van der Waals surface area contributed by atoms with Crippen LogP contribution in [0.2, 0.25) is 25.7 Å². The Morgan fingerprint density at radius 3 is 1.91 bits per heavy atom. The Hall–Kier alpha value is -0.128. The molecule has 2 aliphatic rings. The van der Waals surface area contributed by atoms with Gasteiger partial charge in [-0.25, -0.2) is 4.39 Å². The highest BCUT2D eigenvalue weighted by Gasteiger charge is 2.56. The lowest BCUT2D eigenvalue weighted by Crippen LogP contribution is -2.43. The number of allylic oxidation sites excluding steroid dienone is 1. The van der Waals surface area contributed by atoms with Crippen molar-refractivity contribution >= 4 is 15.2 Å². The third-order valence-corrected chi connectivity index (χ3v) is 7.57. The second-order valence-corrected chi connectivity index (χ2v) is 15.3. The summed E-state index contributed by atoms with van der Waals surface area (Å²) in [4.78, 5) is 0. The highest BCUT2D eigenvalue weighted by molar-refractivity contribution is 6.76. The molecule has 126 valence electrons. The number of rotatable bonds is 3. The van der Waals surface area contributed by atoms with Gasteiger partial charge in [0.05, 0.1) is 11.2 Å². The fraction of sp³-hybridized carbons (Fsp3) is 0.882. The first kappa shape index (κ1) is 18.2. The minimum absolute atomic E-state index is 0.0754. The van der Waals surface area contributed by atoms with Crippen LogP contribution >= 0.6 is 0 Å². The first-order valence-electron chi connectivity index (χ1n) is 8.42. The van der Waals surface area contributed by atoms with Gasteiger partial charge in [0.25, 0.3) is 0 Å². The van der Waals surface area contributed by atoms with Gasteiger partial charge in [0.1, 0.15) is 5.73 Å². The third kappa shape index (κ3) is 3.09. The molecule has 1 aliphatic heterocycles. The molecule has 1 heterocycles. The summed E-state index contributed by atoms with van der Waals surface area (Å²) in [7, 11) is -1.97. The van der Waals surface area contributed by atoms with Crippen LogP contribution in [0.3, 0.4) is 0 Å². The van der Waals surface area contributed by atoms with Gasteiger partial charge >= 0.3 is 7.12 Å². The maximum atomic E-state index is 15.0. The monoisotopic (exact) mass is 326 g/mol. The van der Waals surface area contributed by atoms with Crippen molar-refractivity contribution in [1.82, 2.24) is 0 Å². The maximum Gasteiger partial charge on any atom is 0.525 e. The van der Waals surface area contributed by atoms with Crippen LogP contribution in [0.1, 0.15) is 48.0 Å². The number of hydrogen-bond donors (Lipinski definition) is 0. The molecule has 0 spiro atoms. The molecule has 0 bridgehead atoms. The summed E-state index contributed by atoms with van der Waals surface area (Å²) in [6, 6.07) is 1.25. The molecule has 0 N–H and O–H groups in total. The van der Waals surface area contributed by atoms with Crippen LogP contribution in [0, 0.1) is 11.3 Å². The number of halogens is 1. The van der Waals surface area contributed by atoms with Crippen LogP contribution < -0.4 is 0 Å². The van der Waals surface area contributed by atoms with E-state index in [2.05, 4.69) is 33.5 Å². The Morgan fingerprint density at radius 1 is 1.09 bits per heavy atom. The molecule has 0 radical (unpaired) electrons. The Morgan fingerprint density at radius 2 is 1.55 bits per heavy atom. The van der Waals surface area contributed by atoms with Crippen LogP contribution in [-0.2, 0) is 9.31 Å². The minimum Gasteiger partial charge on any atom is -0.398 e. The molecule has 1 atom stereocenters. The zero-order chi connectivity index (χ0) is 17.1. The van der Waals surface area contributed by atoms with Crippen LogP contribution in [0.5, 0.6) is 0 Å². The van der Waals surface area contributed by atoms with Gasteiger partial charge in [-0.1, -0.05) is 39.5 Å². The second kappa shape index (κ2) is 5.18.